The van der Waals surface area contributed by atoms with Crippen LogP contribution in [0.3, 0.4) is 0 Å². The molecule has 0 bridgehead atoms. The lowest BCUT2D eigenvalue weighted by Crippen LogP contribution is -2.16. The summed E-state index contributed by atoms with van der Waals surface area (Å²) in [6, 6.07) is 7.03. The number of aromatic nitrogens is 2. The maximum Gasteiger partial charge on any atom is 0.317 e. The Morgan fingerprint density at radius 1 is 1.28 bits per heavy atom. The van der Waals surface area contributed by atoms with Crippen molar-refractivity contribution in [3.8, 4) is 6.01 Å². The second-order valence-corrected chi connectivity index (χ2v) is 5.54. The zero-order valence-corrected chi connectivity index (χ0v) is 13.4. The van der Waals surface area contributed by atoms with Gasteiger partial charge in [-0.15, -0.1) is 0 Å². The third kappa shape index (κ3) is 4.34. The Balaban J connectivity index is 1.62. The van der Waals surface area contributed by atoms with Gasteiger partial charge in [0.05, 0.1) is 11.9 Å². The van der Waals surface area contributed by atoms with Gasteiger partial charge in [0.25, 0.3) is 6.43 Å². The molecule has 1 aliphatic rings. The van der Waals surface area contributed by atoms with E-state index in [1.165, 1.54) is 30.0 Å². The quantitative estimate of drug-likeness (QED) is 0.495. The molecule has 2 N–H and O–H groups in total. The number of aryl methyl sites for hydroxylation is 2. The summed E-state index contributed by atoms with van der Waals surface area (Å²) in [6.07, 6.45) is 3.35. The fourth-order valence-corrected chi connectivity index (χ4v) is 2.58. The number of nitrogens with two attached hydrogens (primary N) is 1. The molecule has 2 aromatic rings. The molecule has 130 valence electrons. The summed E-state index contributed by atoms with van der Waals surface area (Å²) in [5, 5.41) is 3.59. The van der Waals surface area contributed by atoms with E-state index in [0.29, 0.717) is 5.71 Å². The number of hydrogen-bond donors (Lipinski definition) is 1. The van der Waals surface area contributed by atoms with Crippen molar-refractivity contribution in [3.63, 3.8) is 0 Å². The van der Waals surface area contributed by atoms with Gasteiger partial charge in [-0.2, -0.15) is 10.1 Å². The van der Waals surface area contributed by atoms with Crippen LogP contribution in [0.25, 0.3) is 0 Å². The second-order valence-electron chi connectivity index (χ2n) is 5.54. The smallest absolute Gasteiger partial charge is 0.317 e. The van der Waals surface area contributed by atoms with E-state index in [0.717, 1.165) is 24.6 Å². The fourth-order valence-electron chi connectivity index (χ4n) is 2.58. The Morgan fingerprint density at radius 2 is 2.12 bits per heavy atom. The molecule has 0 atom stereocenters. The molecule has 0 amide bonds. The van der Waals surface area contributed by atoms with E-state index >= 15 is 0 Å². The molecule has 1 heterocycles. The van der Waals surface area contributed by atoms with Gasteiger partial charge in [-0.05, 0) is 48.6 Å². The number of alkyl halides is 2. The van der Waals surface area contributed by atoms with Crippen LogP contribution in [0.2, 0.25) is 0 Å². The highest BCUT2D eigenvalue weighted by Gasteiger charge is 2.12. The predicted molar refractivity (Wildman–Crippen MR) is 90.7 cm³/mol. The first-order valence-electron chi connectivity index (χ1n) is 7.82. The Labute approximate surface area is 143 Å². The van der Waals surface area contributed by atoms with Crippen LogP contribution in [0.5, 0.6) is 6.01 Å². The number of hydrogen-bond acceptors (Lipinski definition) is 6. The Morgan fingerprint density at radius 3 is 2.92 bits per heavy atom. The minimum Gasteiger partial charge on any atom is -0.457 e. The lowest BCUT2D eigenvalue weighted by molar-refractivity contribution is 0.144. The molecule has 0 unspecified atom stereocenters. The number of halogens is 2. The number of aliphatic imine (C=N–C) groups is 1. The number of rotatable bonds is 6. The minimum absolute atomic E-state index is 0.0718. The molecule has 1 aliphatic carbocycles. The summed E-state index contributed by atoms with van der Waals surface area (Å²) in [5.41, 5.74) is 3.42. The SMILES string of the molecule is NN=C(C=Nc1ccc2c(c1)CCC2)COc1nccc(C(F)F)n1. The number of nitrogens with zero attached hydrogens (tertiary/aromatic N) is 4. The number of fused-ring (bicyclic) bond motifs is 1. The van der Waals surface area contributed by atoms with Gasteiger partial charge in [-0.25, -0.2) is 13.8 Å². The van der Waals surface area contributed by atoms with Crippen LogP contribution in [-0.2, 0) is 12.8 Å². The molecule has 0 saturated heterocycles. The van der Waals surface area contributed by atoms with E-state index in [1.807, 2.05) is 12.1 Å². The average molecular weight is 345 g/mol. The molecule has 6 nitrogen and oxygen atoms in total. The standard InChI is InChI=1S/C17H17F2N5O/c18-16(19)15-6-7-21-17(23-15)25-10-14(24-20)9-22-13-5-4-11-2-1-3-12(11)8-13/h4-9,16H,1-3,10,20H2. The van der Waals surface area contributed by atoms with Crippen LogP contribution < -0.4 is 10.6 Å². The summed E-state index contributed by atoms with van der Waals surface area (Å²) >= 11 is 0. The third-order valence-electron chi connectivity index (χ3n) is 3.84. The highest BCUT2D eigenvalue weighted by atomic mass is 19.3. The van der Waals surface area contributed by atoms with Gasteiger partial charge in [0.15, 0.2) is 0 Å². The largest absolute Gasteiger partial charge is 0.457 e. The topological polar surface area (TPSA) is 85.8 Å². The third-order valence-corrected chi connectivity index (χ3v) is 3.84. The molecular weight excluding hydrogens is 328 g/mol. The van der Waals surface area contributed by atoms with Gasteiger partial charge in [0, 0.05) is 6.20 Å². The van der Waals surface area contributed by atoms with Crippen molar-refractivity contribution < 1.29 is 13.5 Å². The van der Waals surface area contributed by atoms with Crippen LogP contribution in [0, 0.1) is 0 Å². The van der Waals surface area contributed by atoms with Gasteiger partial charge in [-0.1, -0.05) is 6.07 Å². The Bertz CT molecular complexity index is 807. The zero-order chi connectivity index (χ0) is 17.6. The van der Waals surface area contributed by atoms with Gasteiger partial charge in [0.1, 0.15) is 18.0 Å². The van der Waals surface area contributed by atoms with Crippen molar-refractivity contribution in [2.75, 3.05) is 6.61 Å². The summed E-state index contributed by atoms with van der Waals surface area (Å²) in [6.45, 7) is -0.0718. The first-order valence-corrected chi connectivity index (χ1v) is 7.82. The van der Waals surface area contributed by atoms with Crippen molar-refractivity contribution in [2.45, 2.75) is 25.7 Å². The summed E-state index contributed by atoms with van der Waals surface area (Å²) in [7, 11) is 0. The van der Waals surface area contributed by atoms with Crippen molar-refractivity contribution >= 4 is 17.6 Å². The molecule has 3 rings (SSSR count). The summed E-state index contributed by atoms with van der Waals surface area (Å²) < 4.78 is 30.5. The van der Waals surface area contributed by atoms with Crippen LogP contribution in [0.15, 0.2) is 40.6 Å². The molecular formula is C17H17F2N5O. The van der Waals surface area contributed by atoms with Crippen molar-refractivity contribution in [1.29, 1.82) is 0 Å². The first kappa shape index (κ1) is 16.9. The Hall–Kier alpha value is -2.90. The maximum absolute atomic E-state index is 12.6. The van der Waals surface area contributed by atoms with Gasteiger partial charge in [-0.3, -0.25) is 4.99 Å². The molecule has 0 aliphatic heterocycles. The van der Waals surface area contributed by atoms with Crippen LogP contribution in [0.4, 0.5) is 14.5 Å². The molecule has 1 aromatic heterocycles. The summed E-state index contributed by atoms with van der Waals surface area (Å²) in [4.78, 5) is 11.7. The monoisotopic (exact) mass is 345 g/mol. The maximum atomic E-state index is 12.6. The lowest BCUT2D eigenvalue weighted by Gasteiger charge is -2.05. The van der Waals surface area contributed by atoms with E-state index in [9.17, 15) is 8.78 Å². The van der Waals surface area contributed by atoms with Crippen LogP contribution in [-0.4, -0.2) is 28.5 Å². The average Bonchev–Trinajstić information content (AvgIpc) is 3.10. The van der Waals surface area contributed by atoms with Gasteiger partial charge in [0.2, 0.25) is 0 Å². The number of ether oxygens (including phenoxy) is 1. The molecule has 0 spiro atoms. The van der Waals surface area contributed by atoms with Crippen molar-refractivity contribution in [3.05, 3.63) is 47.3 Å². The second kappa shape index (κ2) is 7.78. The van der Waals surface area contributed by atoms with E-state index < -0.39 is 12.1 Å². The van der Waals surface area contributed by atoms with Crippen LogP contribution in [0.1, 0.15) is 29.7 Å². The first-order chi connectivity index (χ1) is 12.2. The molecule has 0 fully saturated rings. The normalized spacial score (nSPS) is 14.3. The molecule has 0 saturated carbocycles. The number of benzene rings is 1. The van der Waals surface area contributed by atoms with Crippen molar-refractivity contribution in [2.24, 2.45) is 15.9 Å². The molecule has 25 heavy (non-hydrogen) atoms. The molecule has 1 aromatic carbocycles. The lowest BCUT2D eigenvalue weighted by atomic mass is 10.1. The fraction of sp³-hybridized carbons (Fsp3) is 0.294. The Kier molecular flexibility index (Phi) is 5.27. The molecule has 8 heteroatoms. The highest BCUT2D eigenvalue weighted by Crippen LogP contribution is 2.26. The van der Waals surface area contributed by atoms with E-state index in [4.69, 9.17) is 10.6 Å². The zero-order valence-electron chi connectivity index (χ0n) is 13.4. The van der Waals surface area contributed by atoms with Crippen LogP contribution >= 0.6 is 0 Å². The number of hydrazone groups is 1. The highest BCUT2D eigenvalue weighted by molar-refractivity contribution is 6.31. The van der Waals surface area contributed by atoms with E-state index in [1.54, 1.807) is 0 Å². The summed E-state index contributed by atoms with van der Waals surface area (Å²) in [5.74, 6) is 5.33. The van der Waals surface area contributed by atoms with Gasteiger partial charge < -0.3 is 10.6 Å². The predicted octanol–water partition coefficient (Wildman–Crippen LogP) is 3.00. The van der Waals surface area contributed by atoms with Gasteiger partial charge >= 0.3 is 6.01 Å². The van der Waals surface area contributed by atoms with Crippen molar-refractivity contribution in [1.82, 2.24) is 9.97 Å². The molecule has 0 radical (unpaired) electrons. The van der Waals surface area contributed by atoms with E-state index in [2.05, 4.69) is 26.1 Å². The van der Waals surface area contributed by atoms with E-state index in [-0.39, 0.29) is 12.6 Å². The minimum atomic E-state index is -2.69.